The zero-order chi connectivity index (χ0) is 20.7. The average molecular weight is 409 g/mol. The third-order valence-electron chi connectivity index (χ3n) is 5.13. The van der Waals surface area contributed by atoms with E-state index < -0.39 is 17.9 Å². The molecule has 2 N–H and O–H groups in total. The molecule has 7 heteroatoms. The monoisotopic (exact) mass is 408 g/mol. The number of hydrogen-bond donors (Lipinski definition) is 2. The number of carbonyl (C=O) groups is 3. The standard InChI is InChI=1S/C21H29ClN2O4/c1-13(2)19(24-20(26)15-9-5-6-10-16(15)22)21(27)28-12-18(25)23-17-11-7-4-8-14(17)3/h5-6,9-10,13-14,17,19H,4,7-8,11-12H2,1-3H3,(H,23,25)(H,24,26)/t14-,17-,19-/m0/s1. The SMILES string of the molecule is CC(C)[C@H](NC(=O)c1ccccc1Cl)C(=O)OCC(=O)N[C@H]1CCCC[C@@H]1C. The van der Waals surface area contributed by atoms with Crippen molar-refractivity contribution in [1.82, 2.24) is 10.6 Å². The van der Waals surface area contributed by atoms with Crippen molar-refractivity contribution >= 4 is 29.4 Å². The minimum atomic E-state index is -0.870. The van der Waals surface area contributed by atoms with Crippen molar-refractivity contribution in [1.29, 1.82) is 0 Å². The number of carbonyl (C=O) groups excluding carboxylic acids is 3. The van der Waals surface area contributed by atoms with Crippen LogP contribution in [0.15, 0.2) is 24.3 Å². The summed E-state index contributed by atoms with van der Waals surface area (Å²) in [7, 11) is 0. The molecule has 2 rings (SSSR count). The van der Waals surface area contributed by atoms with Crippen LogP contribution in [-0.4, -0.2) is 36.5 Å². The van der Waals surface area contributed by atoms with Gasteiger partial charge in [0.25, 0.3) is 11.8 Å². The molecule has 6 nitrogen and oxygen atoms in total. The van der Waals surface area contributed by atoms with E-state index in [2.05, 4.69) is 17.6 Å². The van der Waals surface area contributed by atoms with Gasteiger partial charge in [0.15, 0.2) is 6.61 Å². The van der Waals surface area contributed by atoms with E-state index in [1.807, 2.05) is 0 Å². The summed E-state index contributed by atoms with van der Waals surface area (Å²) in [6, 6.07) is 5.86. The van der Waals surface area contributed by atoms with E-state index in [0.29, 0.717) is 10.9 Å². The Morgan fingerprint density at radius 2 is 1.86 bits per heavy atom. The zero-order valence-electron chi connectivity index (χ0n) is 16.7. The van der Waals surface area contributed by atoms with E-state index in [0.717, 1.165) is 19.3 Å². The number of ether oxygens (including phenoxy) is 1. The van der Waals surface area contributed by atoms with Gasteiger partial charge < -0.3 is 15.4 Å². The largest absolute Gasteiger partial charge is 0.454 e. The Bertz CT molecular complexity index is 707. The number of esters is 1. The Morgan fingerprint density at radius 3 is 2.50 bits per heavy atom. The highest BCUT2D eigenvalue weighted by Gasteiger charge is 2.28. The minimum Gasteiger partial charge on any atom is -0.454 e. The molecule has 0 spiro atoms. The molecule has 1 aromatic rings. The first-order valence-corrected chi connectivity index (χ1v) is 10.2. The smallest absolute Gasteiger partial charge is 0.329 e. The summed E-state index contributed by atoms with van der Waals surface area (Å²) >= 11 is 6.04. The van der Waals surface area contributed by atoms with Crippen LogP contribution in [0.25, 0.3) is 0 Å². The lowest BCUT2D eigenvalue weighted by molar-refractivity contribution is -0.151. The summed E-state index contributed by atoms with van der Waals surface area (Å²) in [5.74, 6) is -1.19. The Hall–Kier alpha value is -2.08. The maximum atomic E-state index is 12.4. The van der Waals surface area contributed by atoms with Gasteiger partial charge in [-0.15, -0.1) is 0 Å². The van der Waals surface area contributed by atoms with Gasteiger partial charge >= 0.3 is 5.97 Å². The number of benzene rings is 1. The van der Waals surface area contributed by atoms with Gasteiger partial charge in [-0.3, -0.25) is 9.59 Å². The van der Waals surface area contributed by atoms with Gasteiger partial charge in [0.05, 0.1) is 10.6 Å². The fourth-order valence-electron chi connectivity index (χ4n) is 3.37. The molecule has 0 bridgehead atoms. The van der Waals surface area contributed by atoms with Crippen molar-refractivity contribution in [2.45, 2.75) is 58.5 Å². The van der Waals surface area contributed by atoms with Gasteiger partial charge in [0.2, 0.25) is 0 Å². The summed E-state index contributed by atoms with van der Waals surface area (Å²) < 4.78 is 5.17. The maximum absolute atomic E-state index is 12.4. The average Bonchev–Trinajstić information content (AvgIpc) is 2.66. The summed E-state index contributed by atoms with van der Waals surface area (Å²) in [6.07, 6.45) is 4.32. The van der Waals surface area contributed by atoms with E-state index in [1.165, 1.54) is 6.42 Å². The molecule has 2 amide bonds. The molecule has 1 aromatic carbocycles. The van der Waals surface area contributed by atoms with Crippen LogP contribution in [0.4, 0.5) is 0 Å². The fourth-order valence-corrected chi connectivity index (χ4v) is 3.59. The molecule has 1 aliphatic carbocycles. The van der Waals surface area contributed by atoms with E-state index in [9.17, 15) is 14.4 Å². The molecule has 3 atom stereocenters. The Balaban J connectivity index is 1.89. The molecule has 1 aliphatic rings. The third-order valence-corrected chi connectivity index (χ3v) is 5.46. The topological polar surface area (TPSA) is 84.5 Å². The number of amides is 2. The predicted molar refractivity (Wildman–Crippen MR) is 108 cm³/mol. The quantitative estimate of drug-likeness (QED) is 0.677. The zero-order valence-corrected chi connectivity index (χ0v) is 17.4. The van der Waals surface area contributed by atoms with Crippen molar-refractivity contribution in [2.75, 3.05) is 6.61 Å². The number of rotatable bonds is 7. The molecular formula is C21H29ClN2O4. The highest BCUT2D eigenvalue weighted by molar-refractivity contribution is 6.33. The highest BCUT2D eigenvalue weighted by Crippen LogP contribution is 2.23. The molecular weight excluding hydrogens is 380 g/mol. The van der Waals surface area contributed by atoms with Crippen LogP contribution < -0.4 is 10.6 Å². The van der Waals surface area contributed by atoms with Crippen molar-refractivity contribution < 1.29 is 19.1 Å². The van der Waals surface area contributed by atoms with Crippen LogP contribution >= 0.6 is 11.6 Å². The maximum Gasteiger partial charge on any atom is 0.329 e. The summed E-state index contributed by atoms with van der Waals surface area (Å²) in [4.78, 5) is 37.0. The van der Waals surface area contributed by atoms with E-state index in [1.54, 1.807) is 38.1 Å². The Morgan fingerprint density at radius 1 is 1.18 bits per heavy atom. The first-order chi connectivity index (χ1) is 13.3. The summed E-state index contributed by atoms with van der Waals surface area (Å²) in [6.45, 7) is 5.35. The molecule has 0 saturated heterocycles. The normalized spacial score (nSPS) is 20.3. The first kappa shape index (κ1) is 22.2. The lowest BCUT2D eigenvalue weighted by Gasteiger charge is -2.29. The fraction of sp³-hybridized carbons (Fsp3) is 0.571. The molecule has 154 valence electrons. The van der Waals surface area contributed by atoms with Gasteiger partial charge in [-0.25, -0.2) is 4.79 Å². The van der Waals surface area contributed by atoms with Gasteiger partial charge in [0.1, 0.15) is 6.04 Å². The van der Waals surface area contributed by atoms with Crippen LogP contribution in [0.3, 0.4) is 0 Å². The molecule has 1 fully saturated rings. The van der Waals surface area contributed by atoms with Crippen LogP contribution in [0.1, 0.15) is 56.8 Å². The lowest BCUT2D eigenvalue weighted by Crippen LogP contribution is -2.47. The van der Waals surface area contributed by atoms with Gasteiger partial charge in [-0.05, 0) is 36.8 Å². The Kier molecular flexibility index (Phi) is 8.30. The number of nitrogens with one attached hydrogen (secondary N) is 2. The molecule has 0 radical (unpaired) electrons. The molecule has 0 unspecified atom stereocenters. The second kappa shape index (κ2) is 10.5. The van der Waals surface area contributed by atoms with Gasteiger partial charge in [-0.2, -0.15) is 0 Å². The van der Waals surface area contributed by atoms with Gasteiger partial charge in [-0.1, -0.05) is 57.3 Å². The van der Waals surface area contributed by atoms with Crippen molar-refractivity contribution in [3.05, 3.63) is 34.9 Å². The number of hydrogen-bond acceptors (Lipinski definition) is 4. The first-order valence-electron chi connectivity index (χ1n) is 9.81. The van der Waals surface area contributed by atoms with Crippen molar-refractivity contribution in [3.63, 3.8) is 0 Å². The molecule has 0 aromatic heterocycles. The molecule has 0 heterocycles. The summed E-state index contributed by atoms with van der Waals surface area (Å²) in [5, 5.41) is 5.90. The third kappa shape index (κ3) is 6.23. The van der Waals surface area contributed by atoms with Crippen molar-refractivity contribution in [3.8, 4) is 0 Å². The summed E-state index contributed by atoms with van der Waals surface area (Å²) in [5.41, 5.74) is 0.284. The minimum absolute atomic E-state index is 0.126. The lowest BCUT2D eigenvalue weighted by atomic mass is 9.86. The number of halogens is 1. The Labute approximate surface area is 171 Å². The molecule has 28 heavy (non-hydrogen) atoms. The molecule has 1 saturated carbocycles. The van der Waals surface area contributed by atoms with Gasteiger partial charge in [0, 0.05) is 6.04 Å². The van der Waals surface area contributed by atoms with Crippen LogP contribution in [0.2, 0.25) is 5.02 Å². The van der Waals surface area contributed by atoms with Crippen LogP contribution in [-0.2, 0) is 14.3 Å². The molecule has 0 aliphatic heterocycles. The van der Waals surface area contributed by atoms with E-state index in [4.69, 9.17) is 16.3 Å². The van der Waals surface area contributed by atoms with E-state index in [-0.39, 0.29) is 30.0 Å². The van der Waals surface area contributed by atoms with Crippen LogP contribution in [0, 0.1) is 11.8 Å². The predicted octanol–water partition coefficient (Wildman–Crippen LogP) is 3.33. The second-order valence-corrected chi connectivity index (χ2v) is 8.13. The van der Waals surface area contributed by atoms with Crippen molar-refractivity contribution in [2.24, 2.45) is 11.8 Å². The highest BCUT2D eigenvalue weighted by atomic mass is 35.5. The second-order valence-electron chi connectivity index (χ2n) is 7.72. The van der Waals surface area contributed by atoms with E-state index >= 15 is 0 Å². The van der Waals surface area contributed by atoms with Crippen LogP contribution in [0.5, 0.6) is 0 Å².